The van der Waals surface area contributed by atoms with E-state index in [1.807, 2.05) is 18.2 Å². The van der Waals surface area contributed by atoms with E-state index in [2.05, 4.69) is 20.6 Å². The zero-order chi connectivity index (χ0) is 27.7. The van der Waals surface area contributed by atoms with Gasteiger partial charge in [-0.3, -0.25) is 19.1 Å². The number of carbonyl (C=O) groups excluding carboxylic acids is 2. The molecule has 0 fully saturated rings. The van der Waals surface area contributed by atoms with Crippen LogP contribution in [0.1, 0.15) is 38.6 Å². The number of fused-ring (bicyclic) bond motifs is 1. The van der Waals surface area contributed by atoms with Crippen molar-refractivity contribution in [2.75, 3.05) is 11.9 Å². The first-order valence-electron chi connectivity index (χ1n) is 12.0. The molecular weight excluding hydrogens is 506 g/mol. The molecule has 2 aromatic carbocycles. The summed E-state index contributed by atoms with van der Waals surface area (Å²) < 4.78 is 29.7. The van der Waals surface area contributed by atoms with Crippen LogP contribution in [0.2, 0.25) is 0 Å². The molecule has 0 spiro atoms. The standard InChI is InChI=1S/C28H24F2N6O3/c1-16-25(28(39)36(35(16)2)15-18-6-8-21(29)22(30)12-18)27(38)33-9-3-4-17-5-7-19-20(14-24-31-10-11-32-24)26(37)34-23(19)13-17/h3-8,10-14H,9,15H2,1-2H3,(H,31,32)(H,33,38)(H,34,37). The largest absolute Gasteiger partial charge is 0.348 e. The van der Waals surface area contributed by atoms with Gasteiger partial charge in [-0.1, -0.05) is 30.4 Å². The lowest BCUT2D eigenvalue weighted by Gasteiger charge is -2.08. The van der Waals surface area contributed by atoms with Crippen molar-refractivity contribution >= 4 is 35.2 Å². The van der Waals surface area contributed by atoms with E-state index in [-0.39, 0.29) is 24.6 Å². The molecule has 0 unspecified atom stereocenters. The minimum absolute atomic E-state index is 0.0200. The Balaban J connectivity index is 1.25. The summed E-state index contributed by atoms with van der Waals surface area (Å²) in [5.74, 6) is -2.16. The number of amides is 2. The fraction of sp³-hybridized carbons (Fsp3) is 0.143. The number of anilines is 1. The molecule has 39 heavy (non-hydrogen) atoms. The van der Waals surface area contributed by atoms with Gasteiger partial charge in [-0.05, 0) is 42.3 Å². The molecule has 0 bridgehead atoms. The van der Waals surface area contributed by atoms with Crippen LogP contribution in [0.4, 0.5) is 14.5 Å². The lowest BCUT2D eigenvalue weighted by molar-refractivity contribution is -0.110. The molecule has 3 N–H and O–H groups in total. The van der Waals surface area contributed by atoms with E-state index in [9.17, 15) is 23.2 Å². The Hall–Kier alpha value is -5.06. The van der Waals surface area contributed by atoms with Gasteiger partial charge in [0.25, 0.3) is 17.4 Å². The zero-order valence-electron chi connectivity index (χ0n) is 21.1. The number of imidazole rings is 1. The summed E-state index contributed by atoms with van der Waals surface area (Å²) in [6, 6.07) is 8.92. The van der Waals surface area contributed by atoms with Crippen molar-refractivity contribution < 1.29 is 18.4 Å². The normalized spacial score (nSPS) is 13.7. The lowest BCUT2D eigenvalue weighted by atomic mass is 10.0. The fourth-order valence-electron chi connectivity index (χ4n) is 4.40. The van der Waals surface area contributed by atoms with Crippen LogP contribution in [0.5, 0.6) is 0 Å². The van der Waals surface area contributed by atoms with Crippen LogP contribution in [-0.2, 0) is 18.4 Å². The molecule has 0 aliphatic carbocycles. The molecular formula is C28H24F2N6O3. The van der Waals surface area contributed by atoms with Gasteiger partial charge < -0.3 is 15.6 Å². The molecule has 2 aromatic heterocycles. The second kappa shape index (κ2) is 10.4. The number of nitrogens with zero attached hydrogens (tertiary/aromatic N) is 3. The van der Waals surface area contributed by atoms with Crippen molar-refractivity contribution in [2.24, 2.45) is 7.05 Å². The second-order valence-corrected chi connectivity index (χ2v) is 9.00. The van der Waals surface area contributed by atoms with Gasteiger partial charge >= 0.3 is 0 Å². The summed E-state index contributed by atoms with van der Waals surface area (Å²) in [4.78, 5) is 45.3. The van der Waals surface area contributed by atoms with Crippen LogP contribution < -0.4 is 16.2 Å². The number of rotatable bonds is 7. The molecule has 198 valence electrons. The quantitative estimate of drug-likeness (QED) is 0.318. The van der Waals surface area contributed by atoms with E-state index < -0.39 is 23.1 Å². The molecule has 5 rings (SSSR count). The second-order valence-electron chi connectivity index (χ2n) is 9.00. The average molecular weight is 531 g/mol. The van der Waals surface area contributed by atoms with Crippen LogP contribution in [0.25, 0.3) is 17.7 Å². The van der Waals surface area contributed by atoms with Crippen molar-refractivity contribution in [3.8, 4) is 0 Å². The van der Waals surface area contributed by atoms with Gasteiger partial charge in [0.05, 0.1) is 12.1 Å². The number of nitrogens with one attached hydrogen (secondary N) is 3. The molecule has 3 heterocycles. The Morgan fingerprint density at radius 1 is 1.13 bits per heavy atom. The molecule has 0 saturated heterocycles. The van der Waals surface area contributed by atoms with Crippen LogP contribution in [0, 0.1) is 18.6 Å². The lowest BCUT2D eigenvalue weighted by Crippen LogP contribution is -2.31. The summed E-state index contributed by atoms with van der Waals surface area (Å²) in [5, 5.41) is 5.55. The van der Waals surface area contributed by atoms with Crippen molar-refractivity contribution in [1.82, 2.24) is 24.6 Å². The van der Waals surface area contributed by atoms with E-state index in [1.54, 1.807) is 44.6 Å². The van der Waals surface area contributed by atoms with Gasteiger partial charge in [0.15, 0.2) is 11.6 Å². The molecule has 2 amide bonds. The van der Waals surface area contributed by atoms with Crippen LogP contribution >= 0.6 is 0 Å². The number of H-pyrrole nitrogens is 1. The minimum Gasteiger partial charge on any atom is -0.348 e. The maximum absolute atomic E-state index is 13.6. The van der Waals surface area contributed by atoms with Crippen molar-refractivity contribution in [3.63, 3.8) is 0 Å². The SMILES string of the molecule is Cc1c(C(=O)NCC=Cc2ccc3c(c2)NC(=O)C3=Cc2ncc[nH]2)c(=O)n(Cc2ccc(F)c(F)c2)n1C. The van der Waals surface area contributed by atoms with Gasteiger partial charge in [-0.25, -0.2) is 18.4 Å². The summed E-state index contributed by atoms with van der Waals surface area (Å²) in [6.45, 7) is 1.78. The summed E-state index contributed by atoms with van der Waals surface area (Å²) in [6.07, 6.45) is 8.49. The van der Waals surface area contributed by atoms with Gasteiger partial charge in [0.1, 0.15) is 11.4 Å². The maximum Gasteiger partial charge on any atom is 0.280 e. The fourth-order valence-corrected chi connectivity index (χ4v) is 4.40. The number of benzene rings is 2. The first-order valence-corrected chi connectivity index (χ1v) is 12.0. The number of aromatic nitrogens is 4. The number of hydrogen-bond acceptors (Lipinski definition) is 4. The van der Waals surface area contributed by atoms with E-state index >= 15 is 0 Å². The number of carbonyl (C=O) groups is 2. The van der Waals surface area contributed by atoms with Crippen LogP contribution in [0.15, 0.2) is 59.7 Å². The monoisotopic (exact) mass is 530 g/mol. The number of halogens is 2. The number of aromatic amines is 1. The molecule has 4 aromatic rings. The highest BCUT2D eigenvalue weighted by atomic mass is 19.2. The Bertz CT molecular complexity index is 1710. The van der Waals surface area contributed by atoms with Gasteiger partial charge in [-0.15, -0.1) is 0 Å². The van der Waals surface area contributed by atoms with E-state index in [1.165, 1.54) is 15.4 Å². The van der Waals surface area contributed by atoms with E-state index in [0.29, 0.717) is 28.3 Å². The van der Waals surface area contributed by atoms with Crippen molar-refractivity contribution in [1.29, 1.82) is 0 Å². The van der Waals surface area contributed by atoms with E-state index in [0.717, 1.165) is 23.3 Å². The first kappa shape index (κ1) is 25.6. The van der Waals surface area contributed by atoms with Crippen molar-refractivity contribution in [2.45, 2.75) is 13.5 Å². The molecule has 1 aliphatic heterocycles. The Morgan fingerprint density at radius 3 is 2.69 bits per heavy atom. The van der Waals surface area contributed by atoms with Crippen molar-refractivity contribution in [3.05, 3.63) is 111 Å². The van der Waals surface area contributed by atoms with Crippen LogP contribution in [-0.4, -0.2) is 37.7 Å². The van der Waals surface area contributed by atoms with Gasteiger partial charge in [0.2, 0.25) is 0 Å². The Labute approximate surface area is 221 Å². The van der Waals surface area contributed by atoms with Gasteiger partial charge in [-0.2, -0.15) is 0 Å². The Morgan fingerprint density at radius 2 is 1.95 bits per heavy atom. The molecule has 9 nitrogen and oxygen atoms in total. The number of hydrogen-bond donors (Lipinski definition) is 3. The van der Waals surface area contributed by atoms with Crippen LogP contribution in [0.3, 0.4) is 0 Å². The third kappa shape index (κ3) is 5.06. The third-order valence-corrected chi connectivity index (χ3v) is 6.52. The summed E-state index contributed by atoms with van der Waals surface area (Å²) in [5.41, 5.74) is 3.03. The molecule has 0 atom stereocenters. The van der Waals surface area contributed by atoms with E-state index in [4.69, 9.17) is 0 Å². The highest BCUT2D eigenvalue weighted by molar-refractivity contribution is 6.34. The third-order valence-electron chi connectivity index (χ3n) is 6.52. The zero-order valence-corrected chi connectivity index (χ0v) is 21.1. The highest BCUT2D eigenvalue weighted by Crippen LogP contribution is 2.33. The molecule has 11 heteroatoms. The van der Waals surface area contributed by atoms with Gasteiger partial charge in [0, 0.05) is 42.9 Å². The summed E-state index contributed by atoms with van der Waals surface area (Å²) >= 11 is 0. The molecule has 0 saturated carbocycles. The predicted molar refractivity (Wildman–Crippen MR) is 143 cm³/mol. The smallest absolute Gasteiger partial charge is 0.280 e. The highest BCUT2D eigenvalue weighted by Gasteiger charge is 2.24. The summed E-state index contributed by atoms with van der Waals surface area (Å²) in [7, 11) is 1.62. The Kier molecular flexibility index (Phi) is 6.80. The predicted octanol–water partition coefficient (Wildman–Crippen LogP) is 3.48. The minimum atomic E-state index is -1.01. The average Bonchev–Trinajstić information content (AvgIpc) is 3.59. The molecule has 0 radical (unpaired) electrons. The topological polar surface area (TPSA) is 114 Å². The molecule has 1 aliphatic rings. The first-order chi connectivity index (χ1) is 18.7. The maximum atomic E-state index is 13.6.